The van der Waals surface area contributed by atoms with Crippen LogP contribution < -0.4 is 10.9 Å². The van der Waals surface area contributed by atoms with Crippen molar-refractivity contribution in [3.63, 3.8) is 0 Å². The minimum atomic E-state index is -0.169. The van der Waals surface area contributed by atoms with E-state index < -0.39 is 0 Å². The predicted molar refractivity (Wildman–Crippen MR) is 93.0 cm³/mol. The Bertz CT molecular complexity index is 1000. The van der Waals surface area contributed by atoms with Gasteiger partial charge in [0.1, 0.15) is 5.39 Å². The van der Waals surface area contributed by atoms with Crippen LogP contribution in [-0.4, -0.2) is 25.2 Å². The van der Waals surface area contributed by atoms with E-state index in [0.717, 1.165) is 12.8 Å². The van der Waals surface area contributed by atoms with Crippen LogP contribution >= 0.6 is 0 Å². The summed E-state index contributed by atoms with van der Waals surface area (Å²) in [6.45, 7) is 0.302. The first kappa shape index (κ1) is 15.6. The van der Waals surface area contributed by atoms with Crippen LogP contribution in [0, 0.1) is 0 Å². The predicted octanol–water partition coefficient (Wildman–Crippen LogP) is 1.32. The Morgan fingerprint density at radius 1 is 1.36 bits per heavy atom. The molecule has 0 aliphatic heterocycles. The molecule has 3 aromatic rings. The van der Waals surface area contributed by atoms with Gasteiger partial charge in [0, 0.05) is 20.0 Å². The molecular weight excluding hydrogens is 318 g/mol. The summed E-state index contributed by atoms with van der Waals surface area (Å²) >= 11 is 0. The minimum Gasteiger partial charge on any atom is -0.349 e. The fraction of sp³-hybridized carbons (Fsp3) is 0.333. The summed E-state index contributed by atoms with van der Waals surface area (Å²) in [5.74, 6) is -0.0557. The second-order valence-electron chi connectivity index (χ2n) is 6.36. The molecule has 1 aromatic carbocycles. The van der Waals surface area contributed by atoms with Gasteiger partial charge in [-0.1, -0.05) is 24.3 Å². The van der Waals surface area contributed by atoms with Crippen LogP contribution in [-0.2, 0) is 24.8 Å². The molecule has 0 unspecified atom stereocenters. The van der Waals surface area contributed by atoms with Gasteiger partial charge in [0.05, 0.1) is 18.6 Å². The van der Waals surface area contributed by atoms with E-state index in [2.05, 4.69) is 27.5 Å². The second-order valence-corrected chi connectivity index (χ2v) is 6.36. The van der Waals surface area contributed by atoms with E-state index in [-0.39, 0.29) is 23.9 Å². The lowest BCUT2D eigenvalue weighted by Gasteiger charge is -2.14. The number of hydrogen-bond donors (Lipinski definition) is 1. The highest BCUT2D eigenvalue weighted by atomic mass is 16.2. The minimum absolute atomic E-state index is 0.0557. The molecule has 7 heteroatoms. The smallest absolute Gasteiger partial charge is 0.264 e. The van der Waals surface area contributed by atoms with E-state index in [4.69, 9.17) is 0 Å². The Morgan fingerprint density at radius 3 is 3.08 bits per heavy atom. The normalized spacial score (nSPS) is 16.1. The zero-order chi connectivity index (χ0) is 17.4. The summed E-state index contributed by atoms with van der Waals surface area (Å²) in [4.78, 5) is 28.9. The molecule has 25 heavy (non-hydrogen) atoms. The zero-order valence-corrected chi connectivity index (χ0v) is 14.0. The maximum atomic E-state index is 12.4. The number of amides is 1. The molecular formula is C18H19N5O2. The molecule has 0 saturated carbocycles. The molecule has 0 bridgehead atoms. The van der Waals surface area contributed by atoms with E-state index >= 15 is 0 Å². The van der Waals surface area contributed by atoms with Crippen LogP contribution in [0.4, 0.5) is 0 Å². The molecule has 1 atom stereocenters. The maximum Gasteiger partial charge on any atom is 0.264 e. The molecule has 0 radical (unpaired) electrons. The van der Waals surface area contributed by atoms with Crippen molar-refractivity contribution in [3.05, 3.63) is 58.3 Å². The third-order valence-corrected chi connectivity index (χ3v) is 4.77. The highest BCUT2D eigenvalue weighted by Gasteiger charge is 2.23. The van der Waals surface area contributed by atoms with Crippen LogP contribution in [0.15, 0.2) is 41.6 Å². The summed E-state index contributed by atoms with van der Waals surface area (Å²) in [6, 6.07) is 8.27. The van der Waals surface area contributed by atoms with E-state index in [9.17, 15) is 9.59 Å². The number of fused-ring (bicyclic) bond motifs is 2. The summed E-state index contributed by atoms with van der Waals surface area (Å²) < 4.78 is 3.03. The quantitative estimate of drug-likeness (QED) is 0.778. The standard InChI is InChI=1S/C18H19N5O2/c1-22-17-14(10-20-22)18(25)23(11-19-17)9-8-16(24)21-15-7-6-12-4-2-3-5-13(12)15/h2-5,10-11,15H,6-9H2,1H3,(H,21,24)/t15-/m1/s1. The van der Waals surface area contributed by atoms with Crippen molar-refractivity contribution < 1.29 is 4.79 Å². The van der Waals surface area contributed by atoms with Crippen LogP contribution in [0.25, 0.3) is 11.0 Å². The Balaban J connectivity index is 1.43. The molecule has 128 valence electrons. The number of carbonyl (C=O) groups excluding carboxylic acids is 1. The number of carbonyl (C=O) groups is 1. The van der Waals surface area contributed by atoms with Crippen LogP contribution in [0.5, 0.6) is 0 Å². The molecule has 1 N–H and O–H groups in total. The SMILES string of the molecule is Cn1ncc2c(=O)n(CCC(=O)N[C@@H]3CCc4ccccc43)cnc21. The van der Waals surface area contributed by atoms with E-state index in [1.807, 2.05) is 12.1 Å². The number of nitrogens with zero attached hydrogens (tertiary/aromatic N) is 4. The van der Waals surface area contributed by atoms with Gasteiger partial charge in [0.25, 0.3) is 5.56 Å². The Morgan fingerprint density at radius 2 is 2.20 bits per heavy atom. The van der Waals surface area contributed by atoms with Crippen LogP contribution in [0.1, 0.15) is 30.0 Å². The lowest BCUT2D eigenvalue weighted by molar-refractivity contribution is -0.122. The molecule has 0 fully saturated rings. The Labute approximate surface area is 144 Å². The number of benzene rings is 1. The lowest BCUT2D eigenvalue weighted by atomic mass is 10.1. The molecule has 7 nitrogen and oxygen atoms in total. The van der Waals surface area contributed by atoms with Crippen molar-refractivity contribution in [3.8, 4) is 0 Å². The maximum absolute atomic E-state index is 12.4. The van der Waals surface area contributed by atoms with Gasteiger partial charge >= 0.3 is 0 Å². The highest BCUT2D eigenvalue weighted by molar-refractivity contribution is 5.77. The Hall–Kier alpha value is -2.96. The average Bonchev–Trinajstić information content (AvgIpc) is 3.19. The molecule has 4 rings (SSSR count). The first-order valence-electron chi connectivity index (χ1n) is 8.38. The van der Waals surface area contributed by atoms with Gasteiger partial charge in [0.2, 0.25) is 5.91 Å². The van der Waals surface area contributed by atoms with Gasteiger partial charge in [-0.05, 0) is 24.0 Å². The summed E-state index contributed by atoms with van der Waals surface area (Å²) in [5.41, 5.74) is 2.88. The van der Waals surface area contributed by atoms with Gasteiger partial charge in [-0.15, -0.1) is 0 Å². The third-order valence-electron chi connectivity index (χ3n) is 4.77. The molecule has 0 saturated heterocycles. The van der Waals surface area contributed by atoms with Gasteiger partial charge < -0.3 is 5.32 Å². The molecule has 2 aromatic heterocycles. The summed E-state index contributed by atoms with van der Waals surface area (Å²) in [7, 11) is 1.74. The topological polar surface area (TPSA) is 81.8 Å². The van der Waals surface area contributed by atoms with Crippen molar-refractivity contribution in [2.24, 2.45) is 7.05 Å². The molecule has 0 spiro atoms. The van der Waals surface area contributed by atoms with Crippen molar-refractivity contribution in [1.29, 1.82) is 0 Å². The highest BCUT2D eigenvalue weighted by Crippen LogP contribution is 2.30. The molecule has 1 aliphatic rings. The fourth-order valence-corrected chi connectivity index (χ4v) is 3.42. The lowest BCUT2D eigenvalue weighted by Crippen LogP contribution is -2.29. The zero-order valence-electron chi connectivity index (χ0n) is 14.0. The van der Waals surface area contributed by atoms with Gasteiger partial charge in [0.15, 0.2) is 5.65 Å². The number of nitrogens with one attached hydrogen (secondary N) is 1. The summed E-state index contributed by atoms with van der Waals surface area (Å²) in [5, 5.41) is 7.59. The second kappa shape index (κ2) is 6.16. The molecule has 1 aliphatic carbocycles. The van der Waals surface area contributed by atoms with Crippen molar-refractivity contribution >= 4 is 16.9 Å². The average molecular weight is 337 g/mol. The van der Waals surface area contributed by atoms with E-state index in [1.54, 1.807) is 11.7 Å². The first-order valence-corrected chi connectivity index (χ1v) is 8.38. The van der Waals surface area contributed by atoms with Crippen LogP contribution in [0.2, 0.25) is 0 Å². The number of hydrogen-bond acceptors (Lipinski definition) is 4. The third kappa shape index (κ3) is 2.82. The van der Waals surface area contributed by atoms with Crippen molar-refractivity contribution in [2.75, 3.05) is 0 Å². The van der Waals surface area contributed by atoms with E-state index in [1.165, 1.54) is 28.2 Å². The first-order chi connectivity index (χ1) is 12.1. The summed E-state index contributed by atoms with van der Waals surface area (Å²) in [6.07, 6.45) is 5.14. The van der Waals surface area contributed by atoms with Crippen LogP contribution in [0.3, 0.4) is 0 Å². The molecule has 1 amide bonds. The van der Waals surface area contributed by atoms with Gasteiger partial charge in [-0.25, -0.2) is 4.98 Å². The monoisotopic (exact) mass is 337 g/mol. The largest absolute Gasteiger partial charge is 0.349 e. The van der Waals surface area contributed by atoms with Crippen molar-refractivity contribution in [1.82, 2.24) is 24.6 Å². The fourth-order valence-electron chi connectivity index (χ4n) is 3.42. The molecule has 2 heterocycles. The van der Waals surface area contributed by atoms with Gasteiger partial charge in [-0.2, -0.15) is 5.10 Å². The van der Waals surface area contributed by atoms with Gasteiger partial charge in [-0.3, -0.25) is 18.8 Å². The van der Waals surface area contributed by atoms with E-state index in [0.29, 0.717) is 17.6 Å². The number of aryl methyl sites for hydroxylation is 3. The number of aromatic nitrogens is 4. The Kier molecular flexibility index (Phi) is 3.83. The number of rotatable bonds is 4. The van der Waals surface area contributed by atoms with Crippen molar-refractivity contribution in [2.45, 2.75) is 31.8 Å².